The van der Waals surface area contributed by atoms with Crippen LogP contribution in [0.25, 0.3) is 10.2 Å². The Morgan fingerprint density at radius 3 is 2.79 bits per heavy atom. The molecule has 0 saturated carbocycles. The van der Waals surface area contributed by atoms with E-state index >= 15 is 0 Å². The van der Waals surface area contributed by atoms with Gasteiger partial charge in [0, 0.05) is 42.8 Å². The minimum Gasteiger partial charge on any atom is -0.338 e. The molecule has 2 aromatic heterocycles. The molecule has 1 fully saturated rings. The van der Waals surface area contributed by atoms with Crippen molar-refractivity contribution in [2.45, 2.75) is 45.6 Å². The van der Waals surface area contributed by atoms with Gasteiger partial charge in [-0.25, -0.2) is 9.78 Å². The molecular weight excluding hydrogens is 406 g/mol. The van der Waals surface area contributed by atoms with E-state index in [1.807, 2.05) is 34.7 Å². The van der Waals surface area contributed by atoms with Gasteiger partial charge in [-0.2, -0.15) is 5.10 Å². The molecule has 1 saturated heterocycles. The monoisotopic (exact) mass is 431 g/mol. The number of hydrogen-bond donors (Lipinski definition) is 1. The quantitative estimate of drug-likeness (QED) is 0.593. The van der Waals surface area contributed by atoms with Crippen LogP contribution in [0.4, 0.5) is 4.79 Å². The number of carbonyl (C=O) groups excluding carboxylic acids is 1. The molecule has 0 bridgehead atoms. The number of likely N-dealkylation sites (tertiary alicyclic amines) is 1. The summed E-state index contributed by atoms with van der Waals surface area (Å²) in [6.07, 6.45) is 2.78. The van der Waals surface area contributed by atoms with Gasteiger partial charge in [0.15, 0.2) is 0 Å². The lowest BCUT2D eigenvalue weighted by molar-refractivity contribution is 0.181. The SMILES string of the molecule is Cc1cc(C)n(CCCNC(=O)N2CCC(c3nc4cc(Cl)ccc4s3)CC2)n1. The molecule has 8 heteroatoms. The number of halogens is 1. The van der Waals surface area contributed by atoms with Crippen molar-refractivity contribution in [2.75, 3.05) is 19.6 Å². The first kappa shape index (κ1) is 20.2. The number of aryl methyl sites for hydroxylation is 3. The van der Waals surface area contributed by atoms with E-state index < -0.39 is 0 Å². The first-order valence-electron chi connectivity index (χ1n) is 10.1. The number of piperidine rings is 1. The van der Waals surface area contributed by atoms with E-state index in [1.165, 1.54) is 4.70 Å². The van der Waals surface area contributed by atoms with E-state index in [2.05, 4.69) is 23.4 Å². The first-order valence-corrected chi connectivity index (χ1v) is 11.3. The van der Waals surface area contributed by atoms with E-state index in [0.29, 0.717) is 12.5 Å². The normalized spacial score (nSPS) is 15.2. The molecule has 0 spiro atoms. The number of fused-ring (bicyclic) bond motifs is 1. The number of urea groups is 1. The highest BCUT2D eigenvalue weighted by Gasteiger charge is 2.25. The zero-order valence-electron chi connectivity index (χ0n) is 16.8. The van der Waals surface area contributed by atoms with Crippen LogP contribution < -0.4 is 5.32 Å². The fraction of sp³-hybridized carbons (Fsp3) is 0.476. The van der Waals surface area contributed by atoms with E-state index in [9.17, 15) is 4.79 Å². The molecule has 1 aliphatic heterocycles. The fourth-order valence-electron chi connectivity index (χ4n) is 3.86. The van der Waals surface area contributed by atoms with Gasteiger partial charge >= 0.3 is 6.03 Å². The summed E-state index contributed by atoms with van der Waals surface area (Å²) in [5.74, 6) is 0.418. The van der Waals surface area contributed by atoms with Crippen molar-refractivity contribution >= 4 is 39.2 Å². The minimum atomic E-state index is 0.0351. The fourth-order valence-corrected chi connectivity index (χ4v) is 5.14. The number of benzene rings is 1. The maximum atomic E-state index is 12.5. The van der Waals surface area contributed by atoms with Crippen LogP contribution in [0.2, 0.25) is 5.02 Å². The Hall–Kier alpha value is -2.12. The van der Waals surface area contributed by atoms with Crippen molar-refractivity contribution < 1.29 is 4.79 Å². The Balaban J connectivity index is 1.23. The lowest BCUT2D eigenvalue weighted by atomic mass is 9.98. The lowest BCUT2D eigenvalue weighted by Gasteiger charge is -2.31. The summed E-state index contributed by atoms with van der Waals surface area (Å²) in [7, 11) is 0. The highest BCUT2D eigenvalue weighted by atomic mass is 35.5. The molecular formula is C21H26ClN5OS. The second-order valence-electron chi connectivity index (χ2n) is 7.66. The van der Waals surface area contributed by atoms with Crippen LogP contribution in [0.5, 0.6) is 0 Å². The Morgan fingerprint density at radius 1 is 1.28 bits per heavy atom. The number of thiazole rings is 1. The second kappa shape index (κ2) is 8.71. The predicted octanol–water partition coefficient (Wildman–Crippen LogP) is 4.74. The molecule has 1 N–H and O–H groups in total. The Morgan fingerprint density at radius 2 is 2.07 bits per heavy atom. The summed E-state index contributed by atoms with van der Waals surface area (Å²) in [5, 5.41) is 9.39. The third kappa shape index (κ3) is 4.73. The highest BCUT2D eigenvalue weighted by Crippen LogP contribution is 2.34. The molecule has 1 aromatic carbocycles. The van der Waals surface area contributed by atoms with Crippen molar-refractivity contribution in [3.63, 3.8) is 0 Å². The van der Waals surface area contributed by atoms with Gasteiger partial charge in [0.05, 0.1) is 20.9 Å². The van der Waals surface area contributed by atoms with Gasteiger partial charge < -0.3 is 10.2 Å². The zero-order valence-corrected chi connectivity index (χ0v) is 18.4. The van der Waals surface area contributed by atoms with Gasteiger partial charge in [-0.1, -0.05) is 11.6 Å². The number of aromatic nitrogens is 3. The van der Waals surface area contributed by atoms with Crippen LogP contribution in [0.15, 0.2) is 24.3 Å². The van der Waals surface area contributed by atoms with E-state index in [0.717, 1.165) is 65.8 Å². The summed E-state index contributed by atoms with van der Waals surface area (Å²) < 4.78 is 3.17. The van der Waals surface area contributed by atoms with Crippen molar-refractivity contribution in [3.05, 3.63) is 45.7 Å². The van der Waals surface area contributed by atoms with Crippen LogP contribution in [0, 0.1) is 13.8 Å². The molecule has 0 radical (unpaired) electrons. The average Bonchev–Trinajstić information content (AvgIpc) is 3.27. The topological polar surface area (TPSA) is 63.1 Å². The van der Waals surface area contributed by atoms with Crippen LogP contribution in [0.3, 0.4) is 0 Å². The highest BCUT2D eigenvalue weighted by molar-refractivity contribution is 7.18. The molecule has 3 aromatic rings. The number of hydrogen-bond acceptors (Lipinski definition) is 4. The Labute approximate surface area is 179 Å². The molecule has 4 rings (SSSR count). The number of carbonyl (C=O) groups is 1. The molecule has 2 amide bonds. The minimum absolute atomic E-state index is 0.0351. The number of nitrogens with zero attached hydrogens (tertiary/aromatic N) is 4. The maximum absolute atomic E-state index is 12.5. The van der Waals surface area contributed by atoms with Gasteiger partial charge in [0.2, 0.25) is 0 Å². The number of rotatable bonds is 5. The molecule has 154 valence electrons. The van der Waals surface area contributed by atoms with Crippen LogP contribution in [-0.4, -0.2) is 45.3 Å². The van der Waals surface area contributed by atoms with Gasteiger partial charge in [-0.15, -0.1) is 11.3 Å². The summed E-state index contributed by atoms with van der Waals surface area (Å²) >= 11 is 7.81. The van der Waals surface area contributed by atoms with Crippen molar-refractivity contribution in [2.24, 2.45) is 0 Å². The number of nitrogens with one attached hydrogen (secondary N) is 1. The van der Waals surface area contributed by atoms with Gasteiger partial charge in [0.1, 0.15) is 0 Å². The summed E-state index contributed by atoms with van der Waals surface area (Å²) in [6.45, 7) is 7.08. The Bertz CT molecular complexity index is 1010. The van der Waals surface area contributed by atoms with E-state index in [4.69, 9.17) is 16.6 Å². The molecule has 3 heterocycles. The maximum Gasteiger partial charge on any atom is 0.317 e. The predicted molar refractivity (Wildman–Crippen MR) is 118 cm³/mol. The van der Waals surface area contributed by atoms with E-state index in [-0.39, 0.29) is 6.03 Å². The van der Waals surface area contributed by atoms with Gasteiger partial charge in [-0.3, -0.25) is 4.68 Å². The van der Waals surface area contributed by atoms with Gasteiger partial charge in [0.25, 0.3) is 0 Å². The van der Waals surface area contributed by atoms with Crippen LogP contribution in [0.1, 0.15) is 41.6 Å². The second-order valence-corrected chi connectivity index (χ2v) is 9.16. The van der Waals surface area contributed by atoms with Crippen LogP contribution >= 0.6 is 22.9 Å². The van der Waals surface area contributed by atoms with Crippen molar-refractivity contribution in [1.82, 2.24) is 25.0 Å². The van der Waals surface area contributed by atoms with Gasteiger partial charge in [-0.05, 0) is 57.4 Å². The Kier molecular flexibility index (Phi) is 6.06. The molecule has 1 aliphatic rings. The molecule has 29 heavy (non-hydrogen) atoms. The summed E-state index contributed by atoms with van der Waals surface area (Å²) in [6, 6.07) is 7.97. The lowest BCUT2D eigenvalue weighted by Crippen LogP contribution is -2.44. The van der Waals surface area contributed by atoms with E-state index in [1.54, 1.807) is 11.3 Å². The largest absolute Gasteiger partial charge is 0.338 e. The molecule has 0 unspecified atom stereocenters. The molecule has 0 aliphatic carbocycles. The van der Waals surface area contributed by atoms with Crippen molar-refractivity contribution in [1.29, 1.82) is 0 Å². The smallest absolute Gasteiger partial charge is 0.317 e. The summed E-state index contributed by atoms with van der Waals surface area (Å²) in [4.78, 5) is 19.2. The number of amides is 2. The third-order valence-electron chi connectivity index (χ3n) is 5.42. The average molecular weight is 432 g/mol. The standard InChI is InChI=1S/C21H26ClN5OS/c1-14-12-15(2)27(25-14)9-3-8-23-21(28)26-10-6-16(7-11-26)20-24-18-13-17(22)4-5-19(18)29-20/h4-5,12-13,16H,3,6-11H2,1-2H3,(H,23,28). The first-order chi connectivity index (χ1) is 14.0. The van der Waals surface area contributed by atoms with Crippen molar-refractivity contribution in [3.8, 4) is 0 Å². The van der Waals surface area contributed by atoms with Crippen LogP contribution in [-0.2, 0) is 6.54 Å². The molecule has 0 atom stereocenters. The third-order valence-corrected chi connectivity index (χ3v) is 6.86. The molecule has 6 nitrogen and oxygen atoms in total. The summed E-state index contributed by atoms with van der Waals surface area (Å²) in [5.41, 5.74) is 3.17. The zero-order chi connectivity index (χ0) is 20.4.